The number of carbonyl (C=O) groups excluding carboxylic acids is 15. The van der Waals surface area contributed by atoms with E-state index in [4.69, 9.17) is 71.1 Å². The van der Waals surface area contributed by atoms with Crippen LogP contribution in [0.2, 0.25) is 0 Å². The van der Waals surface area contributed by atoms with E-state index in [1.807, 2.05) is 0 Å². The van der Waals surface area contributed by atoms with Gasteiger partial charge in [0.25, 0.3) is 0 Å². The van der Waals surface area contributed by atoms with E-state index in [1.165, 1.54) is 27.7 Å². The highest BCUT2D eigenvalue weighted by molar-refractivity contribution is 5.78. The predicted molar refractivity (Wildman–Crippen MR) is 346 cm³/mol. The fourth-order valence-electron chi connectivity index (χ4n) is 11.0. The molecule has 9 unspecified atom stereocenters. The molecule has 6 amide bonds. The first-order chi connectivity index (χ1) is 48.3. The topological polar surface area (TPSA) is 470 Å². The number of unbranched alkanes of at least 4 members (excludes halogenated alkanes) is 3. The molecule has 578 valence electrons. The number of nitrogens with one attached hydrogen (secondary N) is 6. The Bertz CT molecular complexity index is 2800. The van der Waals surface area contributed by atoms with E-state index >= 15 is 0 Å². The molecule has 3 saturated heterocycles. The van der Waals surface area contributed by atoms with Crippen molar-refractivity contribution in [1.29, 1.82) is 0 Å². The van der Waals surface area contributed by atoms with Crippen molar-refractivity contribution < 1.29 is 143 Å². The quantitative estimate of drug-likeness (QED) is 0.0241. The van der Waals surface area contributed by atoms with Gasteiger partial charge in [-0.05, 0) is 64.5 Å². The molecule has 0 aromatic heterocycles. The van der Waals surface area contributed by atoms with Gasteiger partial charge >= 0.3 is 53.7 Å². The van der Waals surface area contributed by atoms with Crippen molar-refractivity contribution in [2.24, 2.45) is 0 Å². The van der Waals surface area contributed by atoms with Crippen LogP contribution in [0.4, 0.5) is 0 Å². The molecular formula is C65H103N7O30. The number of carbonyl (C=O) groups is 15. The van der Waals surface area contributed by atoms with Crippen LogP contribution in [-0.4, -0.2) is 265 Å². The molecule has 3 aliphatic heterocycles. The summed E-state index contributed by atoms with van der Waals surface area (Å²) in [6.45, 7) is 14.3. The van der Waals surface area contributed by atoms with Gasteiger partial charge in [-0.15, -0.1) is 0 Å². The summed E-state index contributed by atoms with van der Waals surface area (Å²) in [5.41, 5.74) is 0. The van der Waals surface area contributed by atoms with Crippen LogP contribution in [0.1, 0.15) is 154 Å². The third-order valence-electron chi connectivity index (χ3n) is 15.1. The smallest absolute Gasteiger partial charge is 0.303 e. The maximum atomic E-state index is 13.9. The lowest BCUT2D eigenvalue weighted by molar-refractivity contribution is -0.277. The van der Waals surface area contributed by atoms with Crippen molar-refractivity contribution in [3.63, 3.8) is 0 Å². The summed E-state index contributed by atoms with van der Waals surface area (Å²) in [6.07, 6.45) is -12.1. The Morgan fingerprint density at radius 3 is 0.941 bits per heavy atom. The van der Waals surface area contributed by atoms with E-state index in [0.29, 0.717) is 58.2 Å². The highest BCUT2D eigenvalue weighted by atomic mass is 16.7. The second-order valence-electron chi connectivity index (χ2n) is 24.2. The molecule has 6 N–H and O–H groups in total. The maximum absolute atomic E-state index is 13.9. The molecule has 0 aromatic rings. The third-order valence-corrected chi connectivity index (χ3v) is 15.1. The number of rotatable bonds is 44. The fourth-order valence-corrected chi connectivity index (χ4v) is 11.0. The Morgan fingerprint density at radius 1 is 0.324 bits per heavy atom. The Morgan fingerprint density at radius 2 is 0.627 bits per heavy atom. The van der Waals surface area contributed by atoms with Crippen LogP contribution >= 0.6 is 0 Å². The minimum atomic E-state index is -1.33. The highest BCUT2D eigenvalue weighted by Crippen LogP contribution is 2.32. The van der Waals surface area contributed by atoms with E-state index in [1.54, 1.807) is 4.90 Å². The normalized spacial score (nSPS) is 24.3. The number of amides is 6. The van der Waals surface area contributed by atoms with Crippen LogP contribution in [0.15, 0.2) is 0 Å². The number of hydrogen-bond donors (Lipinski definition) is 6. The molecule has 0 spiro atoms. The summed E-state index contributed by atoms with van der Waals surface area (Å²) in [6, 6.07) is -3.52. The zero-order valence-corrected chi connectivity index (χ0v) is 60.1. The first kappa shape index (κ1) is 88.0. The summed E-state index contributed by atoms with van der Waals surface area (Å²) < 4.78 is 84.4. The van der Waals surface area contributed by atoms with Crippen molar-refractivity contribution in [3.05, 3.63) is 0 Å². The van der Waals surface area contributed by atoms with Crippen molar-refractivity contribution in [1.82, 2.24) is 36.8 Å². The van der Waals surface area contributed by atoms with Gasteiger partial charge in [0.1, 0.15) is 56.3 Å². The largest absolute Gasteiger partial charge is 0.463 e. The van der Waals surface area contributed by atoms with Crippen LogP contribution in [0.25, 0.3) is 0 Å². The lowest BCUT2D eigenvalue weighted by Gasteiger charge is -2.44. The van der Waals surface area contributed by atoms with Gasteiger partial charge in [0, 0.05) is 148 Å². The SMILES string of the molecule is CC(=O)NC1C(OC(C)=O)[C@@H](OC(C)=O)C(COC(C)=O)O[C@H]1OCCCCC(=O)NCCCNCCCN(CCNC(=O)CCCCO[C@@H]1OC(COC(C)=O)[C@H](OC(C)=O)C(OC(C)=O)C1NC(C)=O)C(=O)CCCCO[C@@H]1OC(COC(C)=O)[C@H](OC(C)=O)C(OC(C)=O)C1NC(C)=O. The molecule has 102 heavy (non-hydrogen) atoms. The molecule has 37 nitrogen and oxygen atoms in total. The van der Waals surface area contributed by atoms with Crippen LogP contribution in [-0.2, 0) is 143 Å². The number of nitrogens with zero attached hydrogens (tertiary/aromatic N) is 1. The van der Waals surface area contributed by atoms with E-state index in [9.17, 15) is 71.9 Å². The molecule has 0 radical (unpaired) electrons. The number of esters is 9. The maximum Gasteiger partial charge on any atom is 0.303 e. The standard InChI is InChI=1S/C65H103N7O30/c1-36(73)69-54-60(97-45(10)82)57(94-42(7)79)48(33-91-39(4)76)100-63(54)88-30-16-13-21-51(85)67-26-19-24-66-25-20-28-72(53(87)23-15-18-32-90-65-56(71-38(3)75)62(99-47(12)84)59(96-44(9)81)50(102-65)35-93-41(6)78)29-27-68-52(86)22-14-17-31-89-64-55(70-37(2)74)61(98-46(11)83)58(95-43(8)80)49(101-64)34-92-40(5)77/h48-50,54-66H,13-35H2,1-12H3,(H,67,85)(H,68,86)(H,69,73)(H,70,74)(H,71,75)/t48?,49?,50?,54?,55?,56?,57-,58-,59-,60?,61?,62?,63+,64+,65+/m0/s1. The summed E-state index contributed by atoms with van der Waals surface area (Å²) >= 11 is 0. The Balaban J connectivity index is 1.61. The summed E-state index contributed by atoms with van der Waals surface area (Å²) in [7, 11) is 0. The van der Waals surface area contributed by atoms with Gasteiger partial charge in [-0.25, -0.2) is 0 Å². The second kappa shape index (κ2) is 47.1. The Kier molecular flexibility index (Phi) is 40.6. The predicted octanol–water partition coefficient (Wildman–Crippen LogP) is -1.05. The van der Waals surface area contributed by atoms with E-state index < -0.39 is 183 Å². The molecule has 3 rings (SSSR count). The highest BCUT2D eigenvalue weighted by Gasteiger charge is 2.54. The average Bonchev–Trinajstić information content (AvgIpc) is 0.802. The molecule has 0 saturated carbocycles. The number of hydrogen-bond acceptors (Lipinski definition) is 31. The first-order valence-electron chi connectivity index (χ1n) is 33.8. The van der Waals surface area contributed by atoms with Crippen molar-refractivity contribution in [3.8, 4) is 0 Å². The van der Waals surface area contributed by atoms with Gasteiger partial charge in [-0.2, -0.15) is 0 Å². The monoisotopic (exact) mass is 1460 g/mol. The minimum absolute atomic E-state index is 0.0267. The average molecular weight is 1460 g/mol. The van der Waals surface area contributed by atoms with Gasteiger partial charge < -0.3 is 108 Å². The Labute approximate surface area is 591 Å². The minimum Gasteiger partial charge on any atom is -0.463 e. The zero-order valence-electron chi connectivity index (χ0n) is 60.1. The van der Waals surface area contributed by atoms with Crippen molar-refractivity contribution >= 4 is 89.2 Å². The van der Waals surface area contributed by atoms with Gasteiger partial charge in [-0.3, -0.25) is 71.9 Å². The van der Waals surface area contributed by atoms with Gasteiger partial charge in [-0.1, -0.05) is 0 Å². The van der Waals surface area contributed by atoms with Gasteiger partial charge in [0.15, 0.2) is 55.5 Å². The lowest BCUT2D eigenvalue weighted by atomic mass is 9.96. The van der Waals surface area contributed by atoms with Crippen LogP contribution < -0.4 is 31.9 Å². The van der Waals surface area contributed by atoms with Crippen molar-refractivity contribution in [2.75, 3.05) is 78.9 Å². The molecule has 0 bridgehead atoms. The summed E-state index contributed by atoms with van der Waals surface area (Å²) in [5.74, 6) is -9.09. The summed E-state index contributed by atoms with van der Waals surface area (Å²) in [5, 5.41) is 16.9. The van der Waals surface area contributed by atoms with Crippen LogP contribution in [0.3, 0.4) is 0 Å². The van der Waals surface area contributed by atoms with Crippen LogP contribution in [0.5, 0.6) is 0 Å². The third kappa shape index (κ3) is 34.6. The Hall–Kier alpha value is -8.23. The molecule has 0 aromatic carbocycles. The van der Waals surface area contributed by atoms with E-state index in [0.717, 1.165) is 55.4 Å². The zero-order chi connectivity index (χ0) is 76.0. The molecule has 3 fully saturated rings. The van der Waals surface area contributed by atoms with Crippen LogP contribution in [0, 0.1) is 0 Å². The molecule has 15 atom stereocenters. The van der Waals surface area contributed by atoms with E-state index in [-0.39, 0.29) is 89.3 Å². The van der Waals surface area contributed by atoms with Gasteiger partial charge in [0.2, 0.25) is 35.4 Å². The lowest BCUT2D eigenvalue weighted by Crippen LogP contribution is -2.66. The molecule has 0 aliphatic carbocycles. The number of ether oxygens (including phenoxy) is 15. The van der Waals surface area contributed by atoms with E-state index in [2.05, 4.69) is 31.9 Å². The fraction of sp³-hybridized carbons (Fsp3) is 0.769. The summed E-state index contributed by atoms with van der Waals surface area (Å²) in [4.78, 5) is 187. The second-order valence-corrected chi connectivity index (χ2v) is 24.2. The molecule has 3 heterocycles. The van der Waals surface area contributed by atoms with Crippen molar-refractivity contribution in [2.45, 2.75) is 246 Å². The molecule has 3 aliphatic rings. The first-order valence-corrected chi connectivity index (χ1v) is 33.8. The molecular weight excluding hydrogens is 1360 g/mol. The molecule has 37 heteroatoms. The van der Waals surface area contributed by atoms with Gasteiger partial charge in [0.05, 0.1) is 0 Å².